The highest BCUT2D eigenvalue weighted by Gasteiger charge is 2.04. The van der Waals surface area contributed by atoms with Crippen LogP contribution in [0, 0.1) is 0 Å². The molecular weight excluding hydrogens is 246 g/mol. The van der Waals surface area contributed by atoms with E-state index in [2.05, 4.69) is 15.5 Å². The molecular formula is C13H17N3O3. The molecule has 0 saturated heterocycles. The lowest BCUT2D eigenvalue weighted by Gasteiger charge is -2.04. The van der Waals surface area contributed by atoms with Gasteiger partial charge >= 0.3 is 6.01 Å². The number of ether oxygens (including phenoxy) is 2. The van der Waals surface area contributed by atoms with Gasteiger partial charge < -0.3 is 19.2 Å². The van der Waals surface area contributed by atoms with Gasteiger partial charge in [0, 0.05) is 13.7 Å². The van der Waals surface area contributed by atoms with Crippen molar-refractivity contribution in [3.8, 4) is 0 Å². The zero-order valence-corrected chi connectivity index (χ0v) is 10.8. The van der Waals surface area contributed by atoms with Crippen molar-refractivity contribution in [1.82, 2.24) is 10.2 Å². The van der Waals surface area contributed by atoms with Gasteiger partial charge in [-0.15, -0.1) is 5.10 Å². The van der Waals surface area contributed by atoms with Crippen molar-refractivity contribution in [1.29, 1.82) is 0 Å². The van der Waals surface area contributed by atoms with E-state index in [1.165, 1.54) is 0 Å². The number of nitrogens with one attached hydrogen (secondary N) is 1. The topological polar surface area (TPSA) is 69.4 Å². The predicted molar refractivity (Wildman–Crippen MR) is 69.6 cm³/mol. The number of rotatable bonds is 8. The Bertz CT molecular complexity index is 473. The van der Waals surface area contributed by atoms with Crippen LogP contribution in [0.2, 0.25) is 0 Å². The van der Waals surface area contributed by atoms with Crippen molar-refractivity contribution < 1.29 is 13.9 Å². The molecule has 1 N–H and O–H groups in total. The van der Waals surface area contributed by atoms with Gasteiger partial charge in [-0.2, -0.15) is 0 Å². The molecule has 0 aliphatic rings. The maximum absolute atomic E-state index is 5.52. The summed E-state index contributed by atoms with van der Waals surface area (Å²) in [6, 6.07) is 10.4. The molecule has 2 aromatic rings. The summed E-state index contributed by atoms with van der Waals surface area (Å²) in [5, 5.41) is 10.6. The Hall–Kier alpha value is -1.92. The third kappa shape index (κ3) is 4.69. The van der Waals surface area contributed by atoms with Gasteiger partial charge in [0.15, 0.2) is 0 Å². The lowest BCUT2D eigenvalue weighted by molar-refractivity contribution is 0.130. The second kappa shape index (κ2) is 7.50. The van der Waals surface area contributed by atoms with Gasteiger partial charge in [0.05, 0.1) is 13.2 Å². The summed E-state index contributed by atoms with van der Waals surface area (Å²) in [6.45, 7) is 2.10. The third-order valence-electron chi connectivity index (χ3n) is 2.37. The average molecular weight is 263 g/mol. The molecule has 0 spiro atoms. The van der Waals surface area contributed by atoms with E-state index in [0.29, 0.717) is 38.3 Å². The van der Waals surface area contributed by atoms with Crippen LogP contribution in [0.3, 0.4) is 0 Å². The molecule has 1 aromatic heterocycles. The minimum Gasteiger partial charge on any atom is -0.406 e. The molecule has 0 atom stereocenters. The first kappa shape index (κ1) is 13.5. The molecule has 2 rings (SSSR count). The zero-order chi connectivity index (χ0) is 13.3. The fraction of sp³-hybridized carbons (Fsp3) is 0.385. The lowest BCUT2D eigenvalue weighted by Crippen LogP contribution is -2.09. The molecule has 19 heavy (non-hydrogen) atoms. The second-order valence-corrected chi connectivity index (χ2v) is 3.90. The van der Waals surface area contributed by atoms with Crippen molar-refractivity contribution in [2.75, 3.05) is 25.6 Å². The Kier molecular flexibility index (Phi) is 5.33. The Morgan fingerprint density at radius 2 is 2.00 bits per heavy atom. The minimum absolute atomic E-state index is 0.319. The van der Waals surface area contributed by atoms with Crippen LogP contribution in [0.25, 0.3) is 0 Å². The number of nitrogens with zero attached hydrogens (tertiary/aromatic N) is 2. The summed E-state index contributed by atoms with van der Waals surface area (Å²) in [4.78, 5) is 0. The molecule has 6 heteroatoms. The number of aromatic nitrogens is 2. The van der Waals surface area contributed by atoms with Gasteiger partial charge in [-0.1, -0.05) is 35.4 Å². The van der Waals surface area contributed by atoms with E-state index >= 15 is 0 Å². The summed E-state index contributed by atoms with van der Waals surface area (Å²) in [7, 11) is 1.58. The van der Waals surface area contributed by atoms with Crippen LogP contribution >= 0.6 is 0 Å². The number of benzene rings is 1. The summed E-state index contributed by atoms with van der Waals surface area (Å²) < 4.78 is 15.7. The first-order valence-corrected chi connectivity index (χ1v) is 6.05. The molecule has 0 aliphatic heterocycles. The summed E-state index contributed by atoms with van der Waals surface area (Å²) in [5.41, 5.74) is 1.16. The van der Waals surface area contributed by atoms with Crippen LogP contribution in [0.1, 0.15) is 11.5 Å². The molecule has 6 nitrogen and oxygen atoms in total. The second-order valence-electron chi connectivity index (χ2n) is 3.90. The SMILES string of the molecule is COCc1nnc(NCCOCc2ccccc2)o1. The van der Waals surface area contributed by atoms with Crippen LogP contribution in [-0.4, -0.2) is 30.5 Å². The van der Waals surface area contributed by atoms with Crippen LogP contribution in [-0.2, 0) is 22.7 Å². The summed E-state index contributed by atoms with van der Waals surface area (Å²) in [6.07, 6.45) is 0. The molecule has 0 unspecified atom stereocenters. The first-order valence-electron chi connectivity index (χ1n) is 6.05. The van der Waals surface area contributed by atoms with Crippen molar-refractivity contribution in [3.05, 3.63) is 41.8 Å². The highest BCUT2D eigenvalue weighted by atomic mass is 16.5. The fourth-order valence-corrected chi connectivity index (χ4v) is 1.50. The smallest absolute Gasteiger partial charge is 0.315 e. The number of hydrogen-bond donors (Lipinski definition) is 1. The minimum atomic E-state index is 0.319. The molecule has 1 aromatic carbocycles. The Labute approximate surface area is 111 Å². The van der Waals surface area contributed by atoms with E-state index in [4.69, 9.17) is 13.9 Å². The molecule has 0 saturated carbocycles. The highest BCUT2D eigenvalue weighted by molar-refractivity contribution is 5.16. The molecule has 0 fully saturated rings. The summed E-state index contributed by atoms with van der Waals surface area (Å²) >= 11 is 0. The maximum Gasteiger partial charge on any atom is 0.315 e. The predicted octanol–water partition coefficient (Wildman–Crippen LogP) is 1.84. The molecule has 1 heterocycles. The van der Waals surface area contributed by atoms with Gasteiger partial charge in [0.25, 0.3) is 0 Å². The monoisotopic (exact) mass is 263 g/mol. The van der Waals surface area contributed by atoms with E-state index in [0.717, 1.165) is 5.56 Å². The van der Waals surface area contributed by atoms with E-state index in [9.17, 15) is 0 Å². The quantitative estimate of drug-likeness (QED) is 0.733. The molecule has 0 radical (unpaired) electrons. The zero-order valence-electron chi connectivity index (χ0n) is 10.8. The van der Waals surface area contributed by atoms with E-state index in [-0.39, 0.29) is 0 Å². The summed E-state index contributed by atoms with van der Waals surface area (Å²) in [5.74, 6) is 0.454. The average Bonchev–Trinajstić information content (AvgIpc) is 2.88. The Morgan fingerprint density at radius 3 is 2.79 bits per heavy atom. The van der Waals surface area contributed by atoms with Crippen LogP contribution in [0.15, 0.2) is 34.7 Å². The molecule has 102 valence electrons. The largest absolute Gasteiger partial charge is 0.406 e. The van der Waals surface area contributed by atoms with Gasteiger partial charge in [-0.25, -0.2) is 0 Å². The van der Waals surface area contributed by atoms with Gasteiger partial charge in [-0.05, 0) is 5.56 Å². The number of methoxy groups -OCH3 is 1. The fourth-order valence-electron chi connectivity index (χ4n) is 1.50. The lowest BCUT2D eigenvalue weighted by atomic mass is 10.2. The number of anilines is 1. The van der Waals surface area contributed by atoms with Crippen molar-refractivity contribution >= 4 is 6.01 Å². The number of hydrogen-bond acceptors (Lipinski definition) is 6. The van der Waals surface area contributed by atoms with Gasteiger partial charge in [0.2, 0.25) is 5.89 Å². The molecule has 0 aliphatic carbocycles. The maximum atomic E-state index is 5.52. The Morgan fingerprint density at radius 1 is 1.16 bits per heavy atom. The Balaban J connectivity index is 1.61. The normalized spacial score (nSPS) is 10.6. The van der Waals surface area contributed by atoms with Crippen LogP contribution in [0.5, 0.6) is 0 Å². The van der Waals surface area contributed by atoms with Gasteiger partial charge in [-0.3, -0.25) is 0 Å². The molecule has 0 amide bonds. The third-order valence-corrected chi connectivity index (χ3v) is 2.37. The highest BCUT2D eigenvalue weighted by Crippen LogP contribution is 2.05. The van der Waals surface area contributed by atoms with Crippen molar-refractivity contribution in [2.24, 2.45) is 0 Å². The van der Waals surface area contributed by atoms with E-state index < -0.39 is 0 Å². The standard InChI is InChI=1S/C13H17N3O3/c1-17-10-12-15-16-13(19-12)14-7-8-18-9-11-5-3-2-4-6-11/h2-6H,7-10H2,1H3,(H,14,16). The van der Waals surface area contributed by atoms with E-state index in [1.54, 1.807) is 7.11 Å². The van der Waals surface area contributed by atoms with Crippen LogP contribution < -0.4 is 5.32 Å². The van der Waals surface area contributed by atoms with Crippen molar-refractivity contribution in [2.45, 2.75) is 13.2 Å². The van der Waals surface area contributed by atoms with Crippen molar-refractivity contribution in [3.63, 3.8) is 0 Å². The first-order chi connectivity index (χ1) is 9.38. The molecule has 0 bridgehead atoms. The van der Waals surface area contributed by atoms with Crippen LogP contribution in [0.4, 0.5) is 6.01 Å². The van der Waals surface area contributed by atoms with Gasteiger partial charge in [0.1, 0.15) is 6.61 Å². The van der Waals surface area contributed by atoms with E-state index in [1.807, 2.05) is 30.3 Å².